The van der Waals surface area contributed by atoms with Gasteiger partial charge in [0.25, 0.3) is 0 Å². The highest BCUT2D eigenvalue weighted by Gasteiger charge is 2.15. The third kappa shape index (κ3) is 1.94. The van der Waals surface area contributed by atoms with Crippen molar-refractivity contribution in [2.75, 3.05) is 24.7 Å². The number of hydrogen-bond acceptors (Lipinski definition) is 4. The molecule has 0 fully saturated rings. The number of aryl methyl sites for hydroxylation is 2. The first-order chi connectivity index (χ1) is 9.47. The summed E-state index contributed by atoms with van der Waals surface area (Å²) in [6.45, 7) is 4.22. The van der Waals surface area contributed by atoms with Crippen LogP contribution in [-0.4, -0.2) is 23.5 Å². The fourth-order valence-electron chi connectivity index (χ4n) is 2.38. The van der Waals surface area contributed by atoms with E-state index in [0.717, 1.165) is 22.6 Å². The van der Waals surface area contributed by atoms with Crippen LogP contribution in [0, 0.1) is 13.8 Å². The number of aromatic nitrogens is 2. The van der Waals surface area contributed by atoms with Crippen molar-refractivity contribution < 1.29 is 0 Å². The molecule has 0 radical (unpaired) electrons. The lowest BCUT2D eigenvalue weighted by Gasteiger charge is -2.12. The van der Waals surface area contributed by atoms with E-state index >= 15 is 0 Å². The smallest absolute Gasteiger partial charge is 0.139 e. The van der Waals surface area contributed by atoms with Crippen molar-refractivity contribution in [3.05, 3.63) is 34.2 Å². The highest BCUT2D eigenvalue weighted by atomic mass is 32.1. The average Bonchev–Trinajstić information content (AvgIpc) is 2.89. The quantitative estimate of drug-likeness (QED) is 0.786. The van der Waals surface area contributed by atoms with Gasteiger partial charge in [-0.2, -0.15) is 0 Å². The summed E-state index contributed by atoms with van der Waals surface area (Å²) >= 11 is 1.78. The lowest BCUT2D eigenvalue weighted by atomic mass is 10.2. The number of pyridine rings is 1. The molecule has 0 aliphatic heterocycles. The number of thiophene rings is 1. The number of nitrogens with two attached hydrogens (primary N) is 1. The zero-order valence-corrected chi connectivity index (χ0v) is 13.0. The van der Waals surface area contributed by atoms with Crippen LogP contribution in [0.4, 0.5) is 11.5 Å². The second-order valence-corrected chi connectivity index (χ2v) is 6.64. The predicted octanol–water partition coefficient (Wildman–Crippen LogP) is 3.33. The lowest BCUT2D eigenvalue weighted by molar-refractivity contribution is 1.09. The van der Waals surface area contributed by atoms with Crippen LogP contribution >= 0.6 is 11.3 Å². The number of rotatable bonds is 2. The van der Waals surface area contributed by atoms with E-state index in [0.29, 0.717) is 5.82 Å². The highest BCUT2D eigenvalue weighted by Crippen LogP contribution is 2.34. The van der Waals surface area contributed by atoms with E-state index in [1.54, 1.807) is 11.3 Å². The molecule has 4 nitrogen and oxygen atoms in total. The molecule has 5 heteroatoms. The van der Waals surface area contributed by atoms with Crippen molar-refractivity contribution in [2.24, 2.45) is 0 Å². The topological polar surface area (TPSA) is 46.6 Å². The van der Waals surface area contributed by atoms with Crippen molar-refractivity contribution in [2.45, 2.75) is 13.8 Å². The molecule has 3 aromatic rings. The Labute approximate surface area is 122 Å². The summed E-state index contributed by atoms with van der Waals surface area (Å²) in [6.07, 6.45) is 2.02. The van der Waals surface area contributed by atoms with Gasteiger partial charge >= 0.3 is 0 Å². The van der Waals surface area contributed by atoms with Crippen LogP contribution in [-0.2, 0) is 0 Å². The van der Waals surface area contributed by atoms with E-state index in [1.165, 1.54) is 9.75 Å². The van der Waals surface area contributed by atoms with Gasteiger partial charge in [0, 0.05) is 35.6 Å². The molecule has 0 unspecified atom stereocenters. The minimum absolute atomic E-state index is 0.699. The standard InChI is InChI=1S/C15H18N4S/c1-9-7-12(10(2)20-9)14-15(16)19-8-11(18(3)4)5-6-13(19)17-14/h5-8H,16H2,1-4H3. The molecule has 0 amide bonds. The van der Waals surface area contributed by atoms with Crippen molar-refractivity contribution in [1.82, 2.24) is 9.38 Å². The maximum atomic E-state index is 6.30. The monoisotopic (exact) mass is 286 g/mol. The molecule has 2 N–H and O–H groups in total. The second-order valence-electron chi connectivity index (χ2n) is 5.18. The van der Waals surface area contributed by atoms with E-state index in [2.05, 4.69) is 35.9 Å². The summed E-state index contributed by atoms with van der Waals surface area (Å²) in [7, 11) is 4.03. The fourth-order valence-corrected chi connectivity index (χ4v) is 3.31. The Balaban J connectivity index is 2.23. The molecule has 104 valence electrons. The van der Waals surface area contributed by atoms with E-state index in [1.807, 2.05) is 30.8 Å². The Morgan fingerprint density at radius 3 is 2.60 bits per heavy atom. The molecular formula is C15H18N4S. The molecular weight excluding hydrogens is 268 g/mol. The van der Waals surface area contributed by atoms with E-state index in [9.17, 15) is 0 Å². The Kier molecular flexibility index (Phi) is 2.94. The number of hydrogen-bond donors (Lipinski definition) is 1. The number of nitrogen functional groups attached to an aromatic ring is 1. The van der Waals surface area contributed by atoms with Crippen molar-refractivity contribution in [3.8, 4) is 11.3 Å². The molecule has 0 aromatic carbocycles. The highest BCUT2D eigenvalue weighted by molar-refractivity contribution is 7.12. The Hall–Kier alpha value is -2.01. The van der Waals surface area contributed by atoms with Gasteiger partial charge < -0.3 is 10.6 Å². The van der Waals surface area contributed by atoms with Crippen LogP contribution in [0.2, 0.25) is 0 Å². The van der Waals surface area contributed by atoms with Crippen LogP contribution in [0.1, 0.15) is 9.75 Å². The SMILES string of the molecule is Cc1cc(-c2nc3ccc(N(C)C)cn3c2N)c(C)s1. The second kappa shape index (κ2) is 4.52. The van der Waals surface area contributed by atoms with Crippen LogP contribution < -0.4 is 10.6 Å². The number of imidazole rings is 1. The van der Waals surface area contributed by atoms with E-state index in [-0.39, 0.29) is 0 Å². The van der Waals surface area contributed by atoms with Crippen LogP contribution in [0.3, 0.4) is 0 Å². The van der Waals surface area contributed by atoms with Gasteiger partial charge in [-0.05, 0) is 32.0 Å². The summed E-state index contributed by atoms with van der Waals surface area (Å²) in [6, 6.07) is 6.21. The number of anilines is 2. The van der Waals surface area contributed by atoms with Crippen LogP contribution in [0.25, 0.3) is 16.9 Å². The maximum Gasteiger partial charge on any atom is 0.139 e. The summed E-state index contributed by atoms with van der Waals surface area (Å²) in [5, 5.41) is 0. The summed E-state index contributed by atoms with van der Waals surface area (Å²) < 4.78 is 1.96. The van der Waals surface area contributed by atoms with Gasteiger partial charge in [0.15, 0.2) is 0 Å². The van der Waals surface area contributed by atoms with Gasteiger partial charge in [-0.3, -0.25) is 4.40 Å². The molecule has 20 heavy (non-hydrogen) atoms. The summed E-state index contributed by atoms with van der Waals surface area (Å²) in [5.74, 6) is 0.699. The van der Waals surface area contributed by atoms with Crippen LogP contribution in [0.15, 0.2) is 24.4 Å². The average molecular weight is 286 g/mol. The molecule has 0 aliphatic carbocycles. The number of fused-ring (bicyclic) bond motifs is 1. The van der Waals surface area contributed by atoms with E-state index in [4.69, 9.17) is 5.73 Å². The zero-order chi connectivity index (χ0) is 14.4. The fraction of sp³-hybridized carbons (Fsp3) is 0.267. The molecule has 3 rings (SSSR count). The lowest BCUT2D eigenvalue weighted by Crippen LogP contribution is -2.09. The van der Waals surface area contributed by atoms with Gasteiger partial charge in [-0.15, -0.1) is 11.3 Å². The molecule has 0 saturated carbocycles. The Morgan fingerprint density at radius 1 is 1.25 bits per heavy atom. The summed E-state index contributed by atoms with van der Waals surface area (Å²) in [4.78, 5) is 9.27. The molecule has 0 bridgehead atoms. The largest absolute Gasteiger partial charge is 0.383 e. The van der Waals surface area contributed by atoms with Crippen molar-refractivity contribution in [1.29, 1.82) is 0 Å². The minimum Gasteiger partial charge on any atom is -0.383 e. The molecule has 3 heterocycles. The predicted molar refractivity (Wildman–Crippen MR) is 86.7 cm³/mol. The first kappa shape index (κ1) is 13.0. The van der Waals surface area contributed by atoms with Crippen molar-refractivity contribution in [3.63, 3.8) is 0 Å². The Bertz CT molecular complexity index is 783. The zero-order valence-electron chi connectivity index (χ0n) is 12.1. The number of nitrogens with zero attached hydrogens (tertiary/aromatic N) is 3. The first-order valence-electron chi connectivity index (χ1n) is 6.49. The van der Waals surface area contributed by atoms with Crippen molar-refractivity contribution >= 4 is 28.5 Å². The summed E-state index contributed by atoms with van der Waals surface area (Å²) in [5.41, 5.74) is 10.3. The molecule has 3 aromatic heterocycles. The van der Waals surface area contributed by atoms with Gasteiger partial charge in [0.1, 0.15) is 17.2 Å². The maximum absolute atomic E-state index is 6.30. The van der Waals surface area contributed by atoms with Gasteiger partial charge in [0.2, 0.25) is 0 Å². The van der Waals surface area contributed by atoms with Gasteiger partial charge in [-0.25, -0.2) is 4.98 Å². The van der Waals surface area contributed by atoms with E-state index < -0.39 is 0 Å². The van der Waals surface area contributed by atoms with Gasteiger partial charge in [-0.1, -0.05) is 0 Å². The third-order valence-corrected chi connectivity index (χ3v) is 4.42. The molecule has 0 spiro atoms. The normalized spacial score (nSPS) is 11.2. The minimum atomic E-state index is 0.699. The first-order valence-corrected chi connectivity index (χ1v) is 7.31. The molecule has 0 atom stereocenters. The van der Waals surface area contributed by atoms with Gasteiger partial charge in [0.05, 0.1) is 5.69 Å². The molecule has 0 aliphatic rings. The Morgan fingerprint density at radius 2 is 2.00 bits per heavy atom. The molecule has 0 saturated heterocycles. The third-order valence-electron chi connectivity index (χ3n) is 3.45. The van der Waals surface area contributed by atoms with Crippen LogP contribution in [0.5, 0.6) is 0 Å².